The van der Waals surface area contributed by atoms with E-state index in [9.17, 15) is 0 Å². The molecule has 0 unspecified atom stereocenters. The highest BCUT2D eigenvalue weighted by Gasteiger charge is 2.18. The van der Waals surface area contributed by atoms with Crippen LogP contribution < -0.4 is 16.0 Å². The lowest BCUT2D eigenvalue weighted by atomic mass is 10.2. The van der Waals surface area contributed by atoms with Gasteiger partial charge in [0.15, 0.2) is 5.96 Å². The number of aromatic nitrogens is 1. The van der Waals surface area contributed by atoms with Gasteiger partial charge >= 0.3 is 0 Å². The Kier molecular flexibility index (Phi) is 9.63. The second-order valence-electron chi connectivity index (χ2n) is 6.54. The zero-order chi connectivity index (χ0) is 18.9. The Labute approximate surface area is 189 Å². The molecule has 0 saturated carbocycles. The molecule has 1 fully saturated rings. The van der Waals surface area contributed by atoms with Crippen molar-refractivity contribution in [2.24, 2.45) is 10.7 Å². The van der Waals surface area contributed by atoms with Crippen LogP contribution in [0.4, 0.5) is 11.5 Å². The minimum atomic E-state index is 0. The molecule has 1 aliphatic rings. The number of hydrogen-bond donors (Lipinski definition) is 2. The molecule has 3 rings (SSSR count). The minimum absolute atomic E-state index is 0. The molecule has 0 aliphatic carbocycles. The zero-order valence-corrected chi connectivity index (χ0v) is 19.0. The van der Waals surface area contributed by atoms with E-state index < -0.39 is 0 Å². The van der Waals surface area contributed by atoms with E-state index in [1.807, 2.05) is 30.3 Å². The van der Waals surface area contributed by atoms with Gasteiger partial charge in [0.05, 0.1) is 0 Å². The molecule has 0 spiro atoms. The average Bonchev–Trinajstić information content (AvgIpc) is 2.72. The van der Waals surface area contributed by atoms with Crippen LogP contribution in [0.1, 0.15) is 12.8 Å². The molecular formula is C20H28ClIN6. The number of rotatable bonds is 7. The smallest absolute Gasteiger partial charge is 0.191 e. The first-order valence-electron chi connectivity index (χ1n) is 9.43. The Hall–Kier alpha value is -1.74. The van der Waals surface area contributed by atoms with Crippen LogP contribution in [0.15, 0.2) is 53.7 Å². The highest BCUT2D eigenvalue weighted by Crippen LogP contribution is 2.19. The van der Waals surface area contributed by atoms with Gasteiger partial charge in [-0.15, -0.1) is 24.0 Å². The van der Waals surface area contributed by atoms with Crippen molar-refractivity contribution in [1.29, 1.82) is 0 Å². The van der Waals surface area contributed by atoms with E-state index in [1.165, 1.54) is 5.69 Å². The predicted molar refractivity (Wildman–Crippen MR) is 129 cm³/mol. The topological polar surface area (TPSA) is 69.8 Å². The number of nitrogens with one attached hydrogen (secondary N) is 1. The number of nitrogens with zero attached hydrogens (tertiary/aromatic N) is 4. The van der Waals surface area contributed by atoms with Crippen molar-refractivity contribution in [2.75, 3.05) is 49.5 Å². The lowest BCUT2D eigenvalue weighted by Gasteiger charge is -2.36. The van der Waals surface area contributed by atoms with E-state index in [2.05, 4.69) is 37.2 Å². The summed E-state index contributed by atoms with van der Waals surface area (Å²) in [6, 6.07) is 13.9. The predicted octanol–water partition coefficient (Wildman–Crippen LogP) is 3.68. The molecule has 8 heteroatoms. The lowest BCUT2D eigenvalue weighted by Crippen LogP contribution is -2.51. The Morgan fingerprint density at radius 3 is 2.50 bits per heavy atom. The second kappa shape index (κ2) is 12.0. The quantitative estimate of drug-likeness (QED) is 0.255. The molecular weight excluding hydrogens is 487 g/mol. The van der Waals surface area contributed by atoms with Crippen LogP contribution in [-0.2, 0) is 0 Å². The fraction of sp³-hybridized carbons (Fsp3) is 0.400. The number of nitrogens with two attached hydrogens (primary N) is 1. The molecule has 3 N–H and O–H groups in total. The van der Waals surface area contributed by atoms with Crippen molar-refractivity contribution in [3.63, 3.8) is 0 Å². The van der Waals surface area contributed by atoms with E-state index >= 15 is 0 Å². The fourth-order valence-corrected chi connectivity index (χ4v) is 3.19. The first-order valence-corrected chi connectivity index (χ1v) is 9.80. The van der Waals surface area contributed by atoms with Gasteiger partial charge in [-0.25, -0.2) is 4.98 Å². The maximum atomic E-state index is 6.17. The third-order valence-corrected chi connectivity index (χ3v) is 4.88. The summed E-state index contributed by atoms with van der Waals surface area (Å²) >= 11 is 5.96. The molecule has 1 aromatic carbocycles. The van der Waals surface area contributed by atoms with Gasteiger partial charge in [-0.3, -0.25) is 4.99 Å². The van der Waals surface area contributed by atoms with Gasteiger partial charge in [0.2, 0.25) is 0 Å². The minimum Gasteiger partial charge on any atom is -0.370 e. The number of aliphatic imine (C=N–C) groups is 1. The van der Waals surface area contributed by atoms with Crippen LogP contribution in [0.25, 0.3) is 0 Å². The number of anilines is 2. The van der Waals surface area contributed by atoms with Crippen LogP contribution in [-0.4, -0.2) is 55.1 Å². The van der Waals surface area contributed by atoms with Gasteiger partial charge in [0.25, 0.3) is 0 Å². The van der Waals surface area contributed by atoms with E-state index in [0.717, 1.165) is 63.0 Å². The van der Waals surface area contributed by atoms with Gasteiger partial charge in [-0.05, 0) is 49.2 Å². The van der Waals surface area contributed by atoms with Crippen LogP contribution in [0.2, 0.25) is 5.02 Å². The standard InChI is InChI=1S/C20H27ClN6.HI/c21-17-6-8-18(9-7-17)26-13-15-27(16-14-26)20(22)25-12-4-3-11-24-19-5-1-2-10-23-19;/h1-2,5-10H,3-4,11-16H2,(H2,22,25)(H,23,24);1H. The van der Waals surface area contributed by atoms with Crippen molar-refractivity contribution in [2.45, 2.75) is 12.8 Å². The molecule has 28 heavy (non-hydrogen) atoms. The molecule has 0 radical (unpaired) electrons. The Morgan fingerprint density at radius 1 is 1.07 bits per heavy atom. The molecule has 1 saturated heterocycles. The highest BCUT2D eigenvalue weighted by atomic mass is 127. The lowest BCUT2D eigenvalue weighted by molar-refractivity contribution is 0.380. The van der Waals surface area contributed by atoms with E-state index in [0.29, 0.717) is 5.96 Å². The van der Waals surface area contributed by atoms with Gasteiger partial charge < -0.3 is 20.9 Å². The van der Waals surface area contributed by atoms with Crippen LogP contribution in [0, 0.1) is 0 Å². The van der Waals surface area contributed by atoms with Gasteiger partial charge in [0, 0.05) is 56.2 Å². The van der Waals surface area contributed by atoms with Crippen LogP contribution >= 0.6 is 35.6 Å². The highest BCUT2D eigenvalue weighted by molar-refractivity contribution is 14.0. The third-order valence-electron chi connectivity index (χ3n) is 4.63. The van der Waals surface area contributed by atoms with Crippen molar-refractivity contribution in [3.05, 3.63) is 53.7 Å². The number of halogens is 2. The summed E-state index contributed by atoms with van der Waals surface area (Å²) in [6.07, 6.45) is 3.84. The molecule has 1 aliphatic heterocycles. The van der Waals surface area contributed by atoms with E-state index in [4.69, 9.17) is 17.3 Å². The van der Waals surface area contributed by atoms with Crippen molar-refractivity contribution in [3.8, 4) is 0 Å². The monoisotopic (exact) mass is 514 g/mol. The normalized spacial score (nSPS) is 14.5. The average molecular weight is 515 g/mol. The number of pyridine rings is 1. The number of unbranched alkanes of at least 4 members (excludes halogenated alkanes) is 1. The summed E-state index contributed by atoms with van der Waals surface area (Å²) in [6.45, 7) is 5.30. The number of benzene rings is 1. The molecule has 152 valence electrons. The van der Waals surface area contributed by atoms with Crippen LogP contribution in [0.3, 0.4) is 0 Å². The number of piperazine rings is 1. The summed E-state index contributed by atoms with van der Waals surface area (Å²) in [7, 11) is 0. The summed E-state index contributed by atoms with van der Waals surface area (Å²) in [5.41, 5.74) is 7.38. The van der Waals surface area contributed by atoms with Gasteiger partial charge in [-0.2, -0.15) is 0 Å². The summed E-state index contributed by atoms with van der Waals surface area (Å²) in [5.74, 6) is 1.57. The van der Waals surface area contributed by atoms with E-state index in [-0.39, 0.29) is 24.0 Å². The van der Waals surface area contributed by atoms with Gasteiger partial charge in [0.1, 0.15) is 5.82 Å². The van der Waals surface area contributed by atoms with Crippen molar-refractivity contribution < 1.29 is 0 Å². The van der Waals surface area contributed by atoms with E-state index in [1.54, 1.807) is 6.20 Å². The molecule has 6 nitrogen and oxygen atoms in total. The molecule has 0 amide bonds. The second-order valence-corrected chi connectivity index (χ2v) is 6.98. The molecule has 0 atom stereocenters. The SMILES string of the molecule is I.NC(=NCCCCNc1ccccn1)N1CCN(c2ccc(Cl)cc2)CC1. The van der Waals surface area contributed by atoms with Crippen molar-refractivity contribution >= 4 is 53.0 Å². The summed E-state index contributed by atoms with van der Waals surface area (Å²) in [4.78, 5) is 13.3. The summed E-state index contributed by atoms with van der Waals surface area (Å²) in [5, 5.41) is 4.07. The van der Waals surface area contributed by atoms with Gasteiger partial charge in [-0.1, -0.05) is 17.7 Å². The first-order chi connectivity index (χ1) is 13.2. The molecule has 1 aromatic heterocycles. The largest absolute Gasteiger partial charge is 0.370 e. The molecule has 0 bridgehead atoms. The Morgan fingerprint density at radius 2 is 1.82 bits per heavy atom. The first kappa shape index (κ1) is 22.5. The number of guanidine groups is 1. The Balaban J connectivity index is 0.00000280. The Bertz CT molecular complexity index is 717. The number of hydrogen-bond acceptors (Lipinski definition) is 4. The molecule has 2 heterocycles. The van der Waals surface area contributed by atoms with Crippen LogP contribution in [0.5, 0.6) is 0 Å². The zero-order valence-electron chi connectivity index (χ0n) is 15.9. The maximum absolute atomic E-state index is 6.17. The summed E-state index contributed by atoms with van der Waals surface area (Å²) < 4.78 is 0. The maximum Gasteiger partial charge on any atom is 0.191 e. The fourth-order valence-electron chi connectivity index (χ4n) is 3.06. The van der Waals surface area contributed by atoms with Crippen molar-refractivity contribution in [1.82, 2.24) is 9.88 Å². The third kappa shape index (κ3) is 7.01. The molecule has 2 aromatic rings.